The maximum Gasteiger partial charge on any atom is 0.256 e. The lowest BCUT2D eigenvalue weighted by atomic mass is 10.1. The van der Waals surface area contributed by atoms with Gasteiger partial charge in [-0.05, 0) is 31.0 Å². The first-order valence-electron chi connectivity index (χ1n) is 6.53. The van der Waals surface area contributed by atoms with E-state index in [9.17, 15) is 9.18 Å². The number of hydrogen-bond donors (Lipinski definition) is 1. The van der Waals surface area contributed by atoms with E-state index in [4.69, 9.17) is 5.73 Å². The molecule has 1 aromatic carbocycles. The molecule has 0 radical (unpaired) electrons. The van der Waals surface area contributed by atoms with E-state index < -0.39 is 5.82 Å². The summed E-state index contributed by atoms with van der Waals surface area (Å²) < 4.78 is 13.7. The Morgan fingerprint density at radius 1 is 1.11 bits per heavy atom. The van der Waals surface area contributed by atoms with E-state index in [2.05, 4.69) is 0 Å². The number of rotatable bonds is 1. The second kappa shape index (κ2) is 5.85. The Hall–Kier alpha value is -1.58. The lowest BCUT2D eigenvalue weighted by Gasteiger charge is -2.25. The van der Waals surface area contributed by atoms with Crippen molar-refractivity contribution in [3.63, 3.8) is 0 Å². The van der Waals surface area contributed by atoms with Crippen molar-refractivity contribution in [2.75, 3.05) is 18.8 Å². The molecule has 1 saturated heterocycles. The Bertz CT molecular complexity index is 426. The Morgan fingerprint density at radius 2 is 1.72 bits per heavy atom. The van der Waals surface area contributed by atoms with Crippen LogP contribution in [0.1, 0.15) is 42.5 Å². The van der Waals surface area contributed by atoms with Crippen LogP contribution in [0.4, 0.5) is 10.1 Å². The molecule has 4 heteroatoms. The molecule has 0 unspecified atom stereocenters. The molecular formula is C14H19FN2O. The Kier molecular flexibility index (Phi) is 4.18. The van der Waals surface area contributed by atoms with Crippen molar-refractivity contribution in [3.8, 4) is 0 Å². The highest BCUT2D eigenvalue weighted by Gasteiger charge is 2.19. The minimum absolute atomic E-state index is 0.129. The van der Waals surface area contributed by atoms with Crippen LogP contribution in [0.2, 0.25) is 0 Å². The van der Waals surface area contributed by atoms with Crippen LogP contribution in [0.3, 0.4) is 0 Å². The molecule has 0 aromatic heterocycles. The lowest BCUT2D eigenvalue weighted by Crippen LogP contribution is -2.34. The first kappa shape index (κ1) is 12.9. The predicted octanol–water partition coefficient (Wildman–Crippen LogP) is 2.81. The minimum atomic E-state index is -0.526. The van der Waals surface area contributed by atoms with Crippen LogP contribution in [0.15, 0.2) is 18.2 Å². The molecule has 3 nitrogen and oxygen atoms in total. The number of amides is 1. The maximum absolute atomic E-state index is 13.7. The smallest absolute Gasteiger partial charge is 0.256 e. The minimum Gasteiger partial charge on any atom is -0.399 e. The summed E-state index contributed by atoms with van der Waals surface area (Å²) >= 11 is 0. The fraction of sp³-hybridized carbons (Fsp3) is 0.500. The van der Waals surface area contributed by atoms with Crippen molar-refractivity contribution in [2.45, 2.75) is 32.1 Å². The molecule has 98 valence electrons. The number of carbonyl (C=O) groups is 1. The van der Waals surface area contributed by atoms with Crippen LogP contribution in [0.5, 0.6) is 0 Å². The molecule has 0 aliphatic carbocycles. The van der Waals surface area contributed by atoms with Crippen molar-refractivity contribution in [3.05, 3.63) is 29.6 Å². The summed E-state index contributed by atoms with van der Waals surface area (Å²) in [4.78, 5) is 14.0. The van der Waals surface area contributed by atoms with Crippen LogP contribution >= 0.6 is 0 Å². The average Bonchev–Trinajstić information content (AvgIpc) is 2.27. The molecule has 18 heavy (non-hydrogen) atoms. The third-order valence-corrected chi connectivity index (χ3v) is 3.37. The molecular weight excluding hydrogens is 231 g/mol. The van der Waals surface area contributed by atoms with E-state index in [-0.39, 0.29) is 11.5 Å². The Labute approximate surface area is 107 Å². The van der Waals surface area contributed by atoms with Crippen LogP contribution in [-0.2, 0) is 0 Å². The van der Waals surface area contributed by atoms with Crippen LogP contribution < -0.4 is 5.73 Å². The van der Waals surface area contributed by atoms with Gasteiger partial charge in [0.1, 0.15) is 5.82 Å². The summed E-state index contributed by atoms with van der Waals surface area (Å²) in [7, 11) is 0. The zero-order chi connectivity index (χ0) is 13.0. The molecule has 1 aliphatic rings. The fourth-order valence-corrected chi connectivity index (χ4v) is 2.33. The summed E-state index contributed by atoms with van der Waals surface area (Å²) in [6.07, 6.45) is 5.53. The number of halogens is 1. The van der Waals surface area contributed by atoms with E-state index in [0.717, 1.165) is 38.8 Å². The van der Waals surface area contributed by atoms with Gasteiger partial charge in [0, 0.05) is 18.8 Å². The number of nitrogens with two attached hydrogens (primary N) is 1. The molecule has 1 amide bonds. The molecule has 0 atom stereocenters. The molecule has 1 aromatic rings. The SMILES string of the molecule is Nc1ccc(C(=O)N2CCCCCCC2)c(F)c1. The van der Waals surface area contributed by atoms with E-state index in [1.165, 1.54) is 18.6 Å². The molecule has 1 fully saturated rings. The molecule has 2 N–H and O–H groups in total. The van der Waals surface area contributed by atoms with Gasteiger partial charge >= 0.3 is 0 Å². The Balaban J connectivity index is 2.13. The summed E-state index contributed by atoms with van der Waals surface area (Å²) in [6.45, 7) is 1.45. The van der Waals surface area contributed by atoms with Crippen molar-refractivity contribution < 1.29 is 9.18 Å². The molecule has 1 aliphatic heterocycles. The highest BCUT2D eigenvalue weighted by atomic mass is 19.1. The van der Waals surface area contributed by atoms with Gasteiger partial charge in [-0.1, -0.05) is 19.3 Å². The monoisotopic (exact) mass is 250 g/mol. The standard InChI is InChI=1S/C14H19FN2O/c15-13-10-11(16)6-7-12(13)14(18)17-8-4-2-1-3-5-9-17/h6-7,10H,1-5,8-9,16H2. The lowest BCUT2D eigenvalue weighted by molar-refractivity contribution is 0.0738. The number of anilines is 1. The highest BCUT2D eigenvalue weighted by molar-refractivity contribution is 5.94. The van der Waals surface area contributed by atoms with Crippen molar-refractivity contribution in [1.29, 1.82) is 0 Å². The van der Waals surface area contributed by atoms with Crippen molar-refractivity contribution >= 4 is 11.6 Å². The number of nitrogen functional groups attached to an aromatic ring is 1. The number of hydrogen-bond acceptors (Lipinski definition) is 2. The molecule has 0 bridgehead atoms. The molecule has 1 heterocycles. The van der Waals surface area contributed by atoms with Gasteiger partial charge < -0.3 is 10.6 Å². The highest BCUT2D eigenvalue weighted by Crippen LogP contribution is 2.17. The van der Waals surface area contributed by atoms with E-state index in [0.29, 0.717) is 5.69 Å². The predicted molar refractivity (Wildman–Crippen MR) is 69.8 cm³/mol. The summed E-state index contributed by atoms with van der Waals surface area (Å²) in [5.41, 5.74) is 5.96. The van der Waals surface area contributed by atoms with E-state index in [1.807, 2.05) is 0 Å². The summed E-state index contributed by atoms with van der Waals surface area (Å²) in [5.74, 6) is -0.739. The largest absolute Gasteiger partial charge is 0.399 e. The molecule has 0 saturated carbocycles. The van der Waals surface area contributed by atoms with Gasteiger partial charge in [-0.2, -0.15) is 0 Å². The first-order valence-corrected chi connectivity index (χ1v) is 6.53. The van der Waals surface area contributed by atoms with Gasteiger partial charge in [-0.3, -0.25) is 4.79 Å². The second-order valence-electron chi connectivity index (χ2n) is 4.80. The average molecular weight is 250 g/mol. The van der Waals surface area contributed by atoms with Crippen molar-refractivity contribution in [1.82, 2.24) is 4.90 Å². The van der Waals surface area contributed by atoms with Gasteiger partial charge in [-0.15, -0.1) is 0 Å². The van der Waals surface area contributed by atoms with Crippen LogP contribution in [0, 0.1) is 5.82 Å². The Morgan fingerprint density at radius 3 is 2.33 bits per heavy atom. The first-order chi connectivity index (χ1) is 8.68. The van der Waals surface area contributed by atoms with Gasteiger partial charge in [0.2, 0.25) is 0 Å². The number of benzene rings is 1. The van der Waals surface area contributed by atoms with E-state index in [1.54, 1.807) is 11.0 Å². The zero-order valence-electron chi connectivity index (χ0n) is 10.5. The normalized spacial score (nSPS) is 17.1. The zero-order valence-corrected chi connectivity index (χ0v) is 10.5. The van der Waals surface area contributed by atoms with E-state index >= 15 is 0 Å². The van der Waals surface area contributed by atoms with Crippen LogP contribution in [-0.4, -0.2) is 23.9 Å². The van der Waals surface area contributed by atoms with Gasteiger partial charge in [-0.25, -0.2) is 4.39 Å². The van der Waals surface area contributed by atoms with Gasteiger partial charge in [0.25, 0.3) is 5.91 Å². The van der Waals surface area contributed by atoms with Crippen LogP contribution in [0.25, 0.3) is 0 Å². The third-order valence-electron chi connectivity index (χ3n) is 3.37. The second-order valence-corrected chi connectivity index (χ2v) is 4.80. The fourth-order valence-electron chi connectivity index (χ4n) is 2.33. The topological polar surface area (TPSA) is 46.3 Å². The summed E-state index contributed by atoms with van der Waals surface area (Å²) in [5, 5.41) is 0. The number of likely N-dealkylation sites (tertiary alicyclic amines) is 1. The molecule has 0 spiro atoms. The maximum atomic E-state index is 13.7. The van der Waals surface area contributed by atoms with Gasteiger partial charge in [0.05, 0.1) is 5.56 Å². The van der Waals surface area contributed by atoms with Gasteiger partial charge in [0.15, 0.2) is 0 Å². The summed E-state index contributed by atoms with van der Waals surface area (Å²) in [6, 6.07) is 4.25. The molecule has 2 rings (SSSR count). The van der Waals surface area contributed by atoms with Crippen molar-refractivity contribution in [2.24, 2.45) is 0 Å². The third kappa shape index (κ3) is 3.00. The number of carbonyl (C=O) groups excluding carboxylic acids is 1. The quantitative estimate of drug-likeness (QED) is 0.779. The number of nitrogens with zero attached hydrogens (tertiary/aromatic N) is 1.